The Morgan fingerprint density at radius 3 is 2.57 bits per heavy atom. The van der Waals surface area contributed by atoms with E-state index in [-0.39, 0.29) is 12.1 Å². The molecular formula is C28H35N5OS. The molecule has 3 aromatic rings. The Morgan fingerprint density at radius 1 is 1.03 bits per heavy atom. The molecule has 5 rings (SSSR count). The lowest BCUT2D eigenvalue weighted by Gasteiger charge is -2.32. The van der Waals surface area contributed by atoms with E-state index in [1.54, 1.807) is 0 Å². The summed E-state index contributed by atoms with van der Waals surface area (Å²) < 4.78 is 7.94. The standard InChI is InChI=1S/C28H35N5OS/c1-19-8-9-20(2)25(17-19)33-21(3)18-23(22(33)4)27-26(24-7-5-6-10-29-24)30-28(35)32(27)12-11-31-13-15-34-16-14-31/h5-10,17-18,26-27H,11-16H2,1-4H3,(H,30,35)/t26-,27-/m1/s1. The van der Waals surface area contributed by atoms with Crippen LogP contribution >= 0.6 is 12.2 Å². The zero-order chi connectivity index (χ0) is 24.5. The number of aryl methyl sites for hydroxylation is 3. The SMILES string of the molecule is Cc1ccc(C)c(-n2c(C)cc([C@@H]3[C@@H](c4ccccn4)NC(=S)N3CCN3CCOCC3)c2C)c1. The molecule has 0 radical (unpaired) electrons. The first-order valence-corrected chi connectivity index (χ1v) is 12.9. The number of hydrogen-bond acceptors (Lipinski definition) is 4. The van der Waals surface area contributed by atoms with E-state index in [4.69, 9.17) is 21.9 Å². The van der Waals surface area contributed by atoms with Crippen LogP contribution < -0.4 is 5.32 Å². The average Bonchev–Trinajstić information content (AvgIpc) is 3.35. The highest BCUT2D eigenvalue weighted by Crippen LogP contribution is 2.41. The van der Waals surface area contributed by atoms with Crippen LogP contribution in [-0.4, -0.2) is 63.9 Å². The highest BCUT2D eigenvalue weighted by atomic mass is 32.1. The number of hydrogen-bond donors (Lipinski definition) is 1. The lowest BCUT2D eigenvalue weighted by Crippen LogP contribution is -2.42. The zero-order valence-electron chi connectivity index (χ0n) is 21.1. The lowest BCUT2D eigenvalue weighted by atomic mass is 9.96. The Kier molecular flexibility index (Phi) is 6.91. The number of aromatic nitrogens is 2. The van der Waals surface area contributed by atoms with Gasteiger partial charge in [0.1, 0.15) is 0 Å². The summed E-state index contributed by atoms with van der Waals surface area (Å²) in [6, 6.07) is 15.2. The van der Waals surface area contributed by atoms with Crippen LogP contribution in [0.15, 0.2) is 48.7 Å². The van der Waals surface area contributed by atoms with Crippen molar-refractivity contribution < 1.29 is 4.74 Å². The van der Waals surface area contributed by atoms with Crippen LogP contribution in [0, 0.1) is 27.7 Å². The predicted octanol–water partition coefficient (Wildman–Crippen LogP) is 4.41. The Bertz CT molecular complexity index is 1200. The van der Waals surface area contributed by atoms with E-state index in [2.05, 4.69) is 83.8 Å². The molecule has 4 heterocycles. The number of nitrogens with one attached hydrogen (secondary N) is 1. The Hall–Kier alpha value is -2.74. The van der Waals surface area contributed by atoms with Gasteiger partial charge < -0.3 is 19.5 Å². The van der Waals surface area contributed by atoms with Gasteiger partial charge in [0.05, 0.1) is 31.0 Å². The fourth-order valence-electron chi connectivity index (χ4n) is 5.48. The van der Waals surface area contributed by atoms with Crippen LogP contribution in [0.4, 0.5) is 0 Å². The Morgan fingerprint density at radius 2 is 1.83 bits per heavy atom. The van der Waals surface area contributed by atoms with E-state index in [0.29, 0.717) is 0 Å². The van der Waals surface area contributed by atoms with Crippen molar-refractivity contribution in [2.24, 2.45) is 0 Å². The third-order valence-electron chi connectivity index (χ3n) is 7.35. The number of nitrogens with zero attached hydrogens (tertiary/aromatic N) is 4. The van der Waals surface area contributed by atoms with Gasteiger partial charge in [-0.1, -0.05) is 18.2 Å². The fourth-order valence-corrected chi connectivity index (χ4v) is 5.81. The summed E-state index contributed by atoms with van der Waals surface area (Å²) in [5.74, 6) is 0. The van der Waals surface area contributed by atoms with E-state index in [9.17, 15) is 0 Å². The van der Waals surface area contributed by atoms with Gasteiger partial charge >= 0.3 is 0 Å². The van der Waals surface area contributed by atoms with Crippen molar-refractivity contribution in [2.45, 2.75) is 39.8 Å². The van der Waals surface area contributed by atoms with Crippen LogP contribution in [0.2, 0.25) is 0 Å². The van der Waals surface area contributed by atoms with E-state index in [0.717, 1.165) is 50.2 Å². The Labute approximate surface area is 213 Å². The van der Waals surface area contributed by atoms with Crippen molar-refractivity contribution in [3.05, 3.63) is 82.4 Å². The predicted molar refractivity (Wildman–Crippen MR) is 144 cm³/mol. The van der Waals surface area contributed by atoms with Gasteiger partial charge in [0.15, 0.2) is 5.11 Å². The highest BCUT2D eigenvalue weighted by Gasteiger charge is 2.41. The summed E-state index contributed by atoms with van der Waals surface area (Å²) in [4.78, 5) is 9.56. The second kappa shape index (κ2) is 10.1. The summed E-state index contributed by atoms with van der Waals surface area (Å²) in [6.45, 7) is 14.2. The van der Waals surface area contributed by atoms with E-state index in [1.165, 1.54) is 33.8 Å². The normalized spacial score (nSPS) is 20.9. The third-order valence-corrected chi connectivity index (χ3v) is 7.71. The molecule has 1 N–H and O–H groups in total. The number of morpholine rings is 1. The molecule has 0 saturated carbocycles. The molecule has 1 aromatic carbocycles. The fraction of sp³-hybridized carbons (Fsp3) is 0.429. The molecule has 35 heavy (non-hydrogen) atoms. The molecule has 6 nitrogen and oxygen atoms in total. The molecule has 0 bridgehead atoms. The van der Waals surface area contributed by atoms with Crippen LogP contribution in [-0.2, 0) is 4.74 Å². The van der Waals surface area contributed by atoms with Crippen LogP contribution in [0.5, 0.6) is 0 Å². The average molecular weight is 490 g/mol. The second-order valence-electron chi connectivity index (χ2n) is 9.73. The molecule has 2 atom stereocenters. The van der Waals surface area contributed by atoms with Crippen molar-refractivity contribution in [1.82, 2.24) is 24.7 Å². The van der Waals surface area contributed by atoms with Gasteiger partial charge in [-0.15, -0.1) is 0 Å². The number of thiocarbonyl (C=S) groups is 1. The largest absolute Gasteiger partial charge is 0.379 e. The van der Waals surface area contributed by atoms with Crippen molar-refractivity contribution >= 4 is 17.3 Å². The zero-order valence-corrected chi connectivity index (χ0v) is 21.9. The minimum Gasteiger partial charge on any atom is -0.379 e. The van der Waals surface area contributed by atoms with Crippen molar-refractivity contribution in [1.29, 1.82) is 0 Å². The van der Waals surface area contributed by atoms with Crippen LogP contribution in [0.1, 0.15) is 45.9 Å². The summed E-state index contributed by atoms with van der Waals surface area (Å²) in [5, 5.41) is 4.42. The van der Waals surface area contributed by atoms with Gasteiger partial charge in [-0.25, -0.2) is 0 Å². The molecule has 2 saturated heterocycles. The first kappa shape index (κ1) is 24.0. The highest BCUT2D eigenvalue weighted by molar-refractivity contribution is 7.80. The molecule has 7 heteroatoms. The third kappa shape index (κ3) is 4.73. The van der Waals surface area contributed by atoms with E-state index in [1.807, 2.05) is 12.3 Å². The molecule has 2 aromatic heterocycles. The second-order valence-corrected chi connectivity index (χ2v) is 10.1. The van der Waals surface area contributed by atoms with Gasteiger partial charge in [0, 0.05) is 49.5 Å². The van der Waals surface area contributed by atoms with Gasteiger partial charge in [-0.3, -0.25) is 9.88 Å². The smallest absolute Gasteiger partial charge is 0.170 e. The minimum atomic E-state index is 0.000876. The van der Waals surface area contributed by atoms with Crippen LogP contribution in [0.3, 0.4) is 0 Å². The van der Waals surface area contributed by atoms with Gasteiger partial charge in [-0.05, 0) is 80.9 Å². The topological polar surface area (TPSA) is 45.6 Å². The molecule has 2 fully saturated rings. The molecule has 0 spiro atoms. The summed E-state index contributed by atoms with van der Waals surface area (Å²) in [5.41, 5.74) is 8.59. The van der Waals surface area contributed by atoms with Crippen molar-refractivity contribution in [2.75, 3.05) is 39.4 Å². The van der Waals surface area contributed by atoms with Gasteiger partial charge in [0.25, 0.3) is 0 Å². The maximum atomic E-state index is 5.91. The molecule has 2 aliphatic rings. The number of ether oxygens (including phenoxy) is 1. The maximum absolute atomic E-state index is 5.91. The quantitative estimate of drug-likeness (QED) is 0.518. The molecule has 0 amide bonds. The van der Waals surface area contributed by atoms with Crippen molar-refractivity contribution in [3.8, 4) is 5.69 Å². The molecule has 0 unspecified atom stereocenters. The molecule has 184 valence electrons. The molecule has 2 aliphatic heterocycles. The van der Waals surface area contributed by atoms with E-state index >= 15 is 0 Å². The van der Waals surface area contributed by atoms with Gasteiger partial charge in [-0.2, -0.15) is 0 Å². The summed E-state index contributed by atoms with van der Waals surface area (Å²) >= 11 is 5.91. The van der Waals surface area contributed by atoms with E-state index < -0.39 is 0 Å². The lowest BCUT2D eigenvalue weighted by molar-refractivity contribution is 0.0350. The maximum Gasteiger partial charge on any atom is 0.170 e. The minimum absolute atomic E-state index is 0.000876. The van der Waals surface area contributed by atoms with Gasteiger partial charge in [0.2, 0.25) is 0 Å². The first-order chi connectivity index (χ1) is 16.9. The number of rotatable bonds is 6. The van der Waals surface area contributed by atoms with Crippen LogP contribution in [0.25, 0.3) is 5.69 Å². The monoisotopic (exact) mass is 489 g/mol. The number of pyridine rings is 1. The Balaban J connectivity index is 1.55. The first-order valence-electron chi connectivity index (χ1n) is 12.5. The molecular weight excluding hydrogens is 454 g/mol. The molecule has 0 aliphatic carbocycles. The summed E-state index contributed by atoms with van der Waals surface area (Å²) in [7, 11) is 0. The summed E-state index contributed by atoms with van der Waals surface area (Å²) in [6.07, 6.45) is 1.87. The number of benzene rings is 1. The van der Waals surface area contributed by atoms with Crippen molar-refractivity contribution in [3.63, 3.8) is 0 Å².